The minimum atomic E-state index is -4.53. The summed E-state index contributed by atoms with van der Waals surface area (Å²) in [4.78, 5) is 30.4. The number of carbonyl (C=O) groups is 2. The molecule has 1 aromatic carbocycles. The van der Waals surface area contributed by atoms with Gasteiger partial charge in [0.2, 0.25) is 0 Å². The van der Waals surface area contributed by atoms with Crippen LogP contribution >= 0.6 is 0 Å². The normalized spacial score (nSPS) is 26.5. The van der Waals surface area contributed by atoms with Crippen LogP contribution in [0.1, 0.15) is 56.1 Å². The van der Waals surface area contributed by atoms with Gasteiger partial charge in [-0.2, -0.15) is 13.2 Å². The van der Waals surface area contributed by atoms with Gasteiger partial charge in [-0.3, -0.25) is 14.6 Å². The third-order valence-electron chi connectivity index (χ3n) is 6.10. The van der Waals surface area contributed by atoms with Crippen LogP contribution in [0.2, 0.25) is 0 Å². The average molecular weight is 435 g/mol. The molecule has 1 saturated heterocycles. The molecule has 31 heavy (non-hydrogen) atoms. The number of ketones is 1. The second-order valence-corrected chi connectivity index (χ2v) is 8.23. The van der Waals surface area contributed by atoms with Crippen LogP contribution in [0.4, 0.5) is 13.2 Å². The van der Waals surface area contributed by atoms with E-state index >= 15 is 0 Å². The molecular weight excluding hydrogens is 411 g/mol. The monoisotopic (exact) mass is 435 g/mol. The first-order valence-corrected chi connectivity index (χ1v) is 10.5. The van der Waals surface area contributed by atoms with Gasteiger partial charge in [0.15, 0.2) is 5.78 Å². The molecule has 166 valence electrons. The molecule has 8 heteroatoms. The number of esters is 1. The van der Waals surface area contributed by atoms with Crippen molar-refractivity contribution in [2.45, 2.75) is 57.2 Å². The van der Waals surface area contributed by atoms with Gasteiger partial charge in [0.1, 0.15) is 12.5 Å². The van der Waals surface area contributed by atoms with Gasteiger partial charge in [-0.1, -0.05) is 18.2 Å². The molecule has 3 atom stereocenters. The summed E-state index contributed by atoms with van der Waals surface area (Å²) in [5.74, 6) is -2.56. The zero-order valence-corrected chi connectivity index (χ0v) is 17.2. The quantitative estimate of drug-likeness (QED) is 0.648. The van der Waals surface area contributed by atoms with Gasteiger partial charge in [0.25, 0.3) is 0 Å². The Bertz CT molecular complexity index is 944. The number of carbonyl (C=O) groups excluding carboxylic acids is 2. The molecular formula is C23H24F3NO4. The molecule has 0 aromatic heterocycles. The lowest BCUT2D eigenvalue weighted by Gasteiger charge is -2.34. The van der Waals surface area contributed by atoms with Crippen molar-refractivity contribution in [1.29, 1.82) is 0 Å². The summed E-state index contributed by atoms with van der Waals surface area (Å²) in [5.41, 5.74) is 0.815. The molecule has 0 saturated carbocycles. The highest BCUT2D eigenvalue weighted by Gasteiger charge is 2.44. The van der Waals surface area contributed by atoms with E-state index in [-0.39, 0.29) is 24.1 Å². The Morgan fingerprint density at radius 1 is 1.26 bits per heavy atom. The number of ether oxygens (including phenoxy) is 2. The van der Waals surface area contributed by atoms with Crippen molar-refractivity contribution in [3.05, 3.63) is 46.7 Å². The fourth-order valence-corrected chi connectivity index (χ4v) is 4.62. The number of allylic oxidation sites excluding steroid dienone is 2. The number of hydrogen-bond donors (Lipinski definition) is 0. The second-order valence-electron chi connectivity index (χ2n) is 8.23. The van der Waals surface area contributed by atoms with Crippen LogP contribution in [-0.2, 0) is 25.2 Å². The number of benzene rings is 1. The fourth-order valence-electron chi connectivity index (χ4n) is 4.62. The van der Waals surface area contributed by atoms with E-state index < -0.39 is 29.5 Å². The first kappa shape index (κ1) is 21.7. The fraction of sp³-hybridized carbons (Fsp3) is 0.522. The van der Waals surface area contributed by atoms with Gasteiger partial charge in [-0.05, 0) is 44.2 Å². The smallest absolute Gasteiger partial charge is 0.416 e. The number of Topliss-reactive ketones (excluding diaryl/α,β-unsaturated/α-hetero) is 1. The third kappa shape index (κ3) is 4.44. The summed E-state index contributed by atoms with van der Waals surface area (Å²) in [6.07, 6.45) is -1.54. The average Bonchev–Trinajstić information content (AvgIpc) is 3.24. The first-order valence-electron chi connectivity index (χ1n) is 10.5. The van der Waals surface area contributed by atoms with Gasteiger partial charge in [0.05, 0.1) is 11.7 Å². The van der Waals surface area contributed by atoms with Crippen LogP contribution in [0, 0.1) is 5.92 Å². The Labute approximate surface area is 178 Å². The van der Waals surface area contributed by atoms with Gasteiger partial charge in [0, 0.05) is 35.9 Å². The molecule has 0 bridgehead atoms. The molecule has 3 aliphatic rings. The number of nitrogens with zero attached hydrogens (tertiary/aromatic N) is 1. The van der Waals surface area contributed by atoms with E-state index in [9.17, 15) is 22.8 Å². The summed E-state index contributed by atoms with van der Waals surface area (Å²) >= 11 is 0. The van der Waals surface area contributed by atoms with E-state index in [1.807, 2.05) is 0 Å². The SMILES string of the molecule is CC1=NC2=C(C(=O)CCC2)[C@@H](c2cccc(C(F)(F)F)c2)C1C(=O)OC[C@H]1CCCO1. The Kier molecular flexibility index (Phi) is 6.01. The molecule has 5 nitrogen and oxygen atoms in total. The molecule has 0 radical (unpaired) electrons. The maximum atomic E-state index is 13.4. The van der Waals surface area contributed by atoms with Gasteiger partial charge in [-0.15, -0.1) is 0 Å². The standard InChI is InChI=1S/C23H24F3NO4/c1-13-19(22(29)31-12-16-7-4-10-30-16)20(21-17(27-13)8-3-9-18(21)28)14-5-2-6-15(11-14)23(24,25)26/h2,5-6,11,16,19-20H,3-4,7-10,12H2,1H3/t16-,19?,20+/m1/s1. The summed E-state index contributed by atoms with van der Waals surface area (Å²) in [6.45, 7) is 2.36. The lowest BCUT2D eigenvalue weighted by molar-refractivity contribution is -0.149. The summed E-state index contributed by atoms with van der Waals surface area (Å²) in [7, 11) is 0. The lowest BCUT2D eigenvalue weighted by Crippen LogP contribution is -2.38. The lowest BCUT2D eigenvalue weighted by atomic mass is 9.71. The number of halogens is 3. The van der Waals surface area contributed by atoms with Crippen molar-refractivity contribution in [2.75, 3.05) is 13.2 Å². The Morgan fingerprint density at radius 2 is 2.06 bits per heavy atom. The van der Waals surface area contributed by atoms with E-state index in [0.29, 0.717) is 42.9 Å². The number of hydrogen-bond acceptors (Lipinski definition) is 5. The molecule has 1 fully saturated rings. The van der Waals surface area contributed by atoms with Crippen molar-refractivity contribution in [3.8, 4) is 0 Å². The van der Waals surface area contributed by atoms with Crippen LogP contribution < -0.4 is 0 Å². The predicted octanol–water partition coefficient (Wildman–Crippen LogP) is 4.61. The highest BCUT2D eigenvalue weighted by Crippen LogP contribution is 2.44. The van der Waals surface area contributed by atoms with Crippen molar-refractivity contribution < 1.29 is 32.2 Å². The van der Waals surface area contributed by atoms with E-state index in [1.54, 1.807) is 6.92 Å². The van der Waals surface area contributed by atoms with Crippen LogP contribution in [0.15, 0.2) is 40.5 Å². The van der Waals surface area contributed by atoms with E-state index in [2.05, 4.69) is 4.99 Å². The maximum absolute atomic E-state index is 13.4. The van der Waals surface area contributed by atoms with Gasteiger partial charge < -0.3 is 9.47 Å². The molecule has 1 unspecified atom stereocenters. The minimum absolute atomic E-state index is 0.0811. The largest absolute Gasteiger partial charge is 0.462 e. The van der Waals surface area contributed by atoms with Crippen LogP contribution in [0.5, 0.6) is 0 Å². The molecule has 0 amide bonds. The number of rotatable bonds is 4. The Hall–Kier alpha value is -2.48. The van der Waals surface area contributed by atoms with Crippen molar-refractivity contribution in [1.82, 2.24) is 0 Å². The van der Waals surface area contributed by atoms with Crippen molar-refractivity contribution in [3.63, 3.8) is 0 Å². The molecule has 4 rings (SSSR count). The van der Waals surface area contributed by atoms with E-state index in [1.165, 1.54) is 12.1 Å². The van der Waals surface area contributed by atoms with Gasteiger partial charge >= 0.3 is 12.1 Å². The minimum Gasteiger partial charge on any atom is -0.462 e. The topological polar surface area (TPSA) is 65.0 Å². The van der Waals surface area contributed by atoms with Crippen molar-refractivity contribution in [2.24, 2.45) is 10.9 Å². The highest BCUT2D eigenvalue weighted by molar-refractivity contribution is 6.08. The molecule has 1 aliphatic carbocycles. The molecule has 2 heterocycles. The third-order valence-corrected chi connectivity index (χ3v) is 6.10. The van der Waals surface area contributed by atoms with Crippen LogP contribution in [0.3, 0.4) is 0 Å². The Morgan fingerprint density at radius 3 is 2.77 bits per heavy atom. The predicted molar refractivity (Wildman–Crippen MR) is 107 cm³/mol. The maximum Gasteiger partial charge on any atom is 0.416 e. The molecule has 0 N–H and O–H groups in total. The first-order chi connectivity index (χ1) is 14.8. The second kappa shape index (κ2) is 8.57. The molecule has 0 spiro atoms. The zero-order valence-electron chi connectivity index (χ0n) is 17.2. The van der Waals surface area contributed by atoms with Crippen LogP contribution in [-0.4, -0.2) is 36.8 Å². The number of aliphatic imine (C=N–C) groups is 1. The molecule has 1 aromatic rings. The van der Waals surface area contributed by atoms with Gasteiger partial charge in [-0.25, -0.2) is 0 Å². The number of alkyl halides is 3. The highest BCUT2D eigenvalue weighted by atomic mass is 19.4. The summed E-state index contributed by atoms with van der Waals surface area (Å²) < 4.78 is 51.1. The Balaban J connectivity index is 1.72. The molecule has 2 aliphatic heterocycles. The van der Waals surface area contributed by atoms with Crippen molar-refractivity contribution >= 4 is 17.5 Å². The summed E-state index contributed by atoms with van der Waals surface area (Å²) in [5, 5.41) is 0. The van der Waals surface area contributed by atoms with Crippen LogP contribution in [0.25, 0.3) is 0 Å². The zero-order chi connectivity index (χ0) is 22.2. The van der Waals surface area contributed by atoms with E-state index in [0.717, 1.165) is 25.0 Å². The van der Waals surface area contributed by atoms with E-state index in [4.69, 9.17) is 9.47 Å². The summed E-state index contributed by atoms with van der Waals surface area (Å²) in [6, 6.07) is 4.85.